The van der Waals surface area contributed by atoms with Crippen molar-refractivity contribution in [3.8, 4) is 0 Å². The molecule has 0 spiro atoms. The molecular formula is C16H12BrNO2. The molecule has 3 rings (SSSR count). The summed E-state index contributed by atoms with van der Waals surface area (Å²) in [6.45, 7) is 1.91. The van der Waals surface area contributed by atoms with Gasteiger partial charge in [-0.1, -0.05) is 24.3 Å². The van der Waals surface area contributed by atoms with Gasteiger partial charge in [0.2, 0.25) is 0 Å². The van der Waals surface area contributed by atoms with E-state index in [0.717, 1.165) is 11.3 Å². The van der Waals surface area contributed by atoms with Gasteiger partial charge in [-0.3, -0.25) is 9.59 Å². The third-order valence-electron chi connectivity index (χ3n) is 3.60. The summed E-state index contributed by atoms with van der Waals surface area (Å²) in [5, 5.41) is 3.04. The van der Waals surface area contributed by atoms with E-state index in [2.05, 4.69) is 21.2 Å². The smallest absolute Gasteiger partial charge is 0.196 e. The number of carbonyl (C=O) groups is 2. The van der Waals surface area contributed by atoms with Crippen molar-refractivity contribution in [3.63, 3.8) is 0 Å². The zero-order valence-electron chi connectivity index (χ0n) is 11.1. The summed E-state index contributed by atoms with van der Waals surface area (Å²) in [5.41, 5.74) is 3.50. The first kappa shape index (κ1) is 13.1. The number of fused-ring (bicyclic) bond motifs is 2. The fraction of sp³-hybridized carbons (Fsp3) is 0.125. The molecule has 2 aromatic rings. The van der Waals surface area contributed by atoms with Gasteiger partial charge in [-0.15, -0.1) is 0 Å². The lowest BCUT2D eigenvalue weighted by atomic mass is 9.82. The van der Waals surface area contributed by atoms with Crippen molar-refractivity contribution < 1.29 is 9.59 Å². The van der Waals surface area contributed by atoms with E-state index >= 15 is 0 Å². The van der Waals surface area contributed by atoms with Gasteiger partial charge in [0.25, 0.3) is 0 Å². The van der Waals surface area contributed by atoms with Crippen LogP contribution in [0.2, 0.25) is 0 Å². The van der Waals surface area contributed by atoms with Gasteiger partial charge in [-0.05, 0) is 34.5 Å². The van der Waals surface area contributed by atoms with Crippen LogP contribution in [0.1, 0.15) is 37.4 Å². The van der Waals surface area contributed by atoms with Crippen molar-refractivity contribution in [2.75, 3.05) is 12.4 Å². The number of nitrogens with one attached hydrogen (secondary N) is 1. The first-order valence-electron chi connectivity index (χ1n) is 6.25. The Morgan fingerprint density at radius 2 is 1.55 bits per heavy atom. The van der Waals surface area contributed by atoms with Crippen molar-refractivity contribution in [2.24, 2.45) is 0 Å². The summed E-state index contributed by atoms with van der Waals surface area (Å²) in [4.78, 5) is 25.4. The Balaban J connectivity index is 2.42. The Labute approximate surface area is 125 Å². The zero-order chi connectivity index (χ0) is 14.4. The second-order valence-electron chi connectivity index (χ2n) is 4.75. The third kappa shape index (κ3) is 1.64. The fourth-order valence-corrected chi connectivity index (χ4v) is 3.42. The van der Waals surface area contributed by atoms with Crippen LogP contribution in [0, 0.1) is 6.92 Å². The Kier molecular flexibility index (Phi) is 2.98. The van der Waals surface area contributed by atoms with Gasteiger partial charge in [-0.2, -0.15) is 0 Å². The van der Waals surface area contributed by atoms with E-state index in [1.54, 1.807) is 31.3 Å². The van der Waals surface area contributed by atoms with Crippen LogP contribution < -0.4 is 5.32 Å². The van der Waals surface area contributed by atoms with Crippen LogP contribution in [-0.4, -0.2) is 18.6 Å². The van der Waals surface area contributed by atoms with Crippen LogP contribution in [-0.2, 0) is 0 Å². The third-order valence-corrected chi connectivity index (χ3v) is 4.22. The molecule has 2 aromatic carbocycles. The molecule has 3 nitrogen and oxygen atoms in total. The highest BCUT2D eigenvalue weighted by Gasteiger charge is 2.33. The molecule has 0 saturated carbocycles. The molecule has 0 unspecified atom stereocenters. The average Bonchev–Trinajstić information content (AvgIpc) is 2.44. The standard InChI is InChI=1S/C16H12BrNO2/c1-8-7-11(17)12-13(14(8)18-2)16(20)10-6-4-3-5-9(10)15(12)19/h3-7,18H,1-2H3. The van der Waals surface area contributed by atoms with Crippen LogP contribution in [0.25, 0.3) is 0 Å². The number of hydrogen-bond donors (Lipinski definition) is 1. The summed E-state index contributed by atoms with van der Waals surface area (Å²) in [5.74, 6) is -0.220. The van der Waals surface area contributed by atoms with Crippen molar-refractivity contribution in [3.05, 3.63) is 62.6 Å². The monoisotopic (exact) mass is 329 g/mol. The Bertz CT molecular complexity index is 765. The molecule has 0 fully saturated rings. The van der Waals surface area contributed by atoms with Gasteiger partial charge in [0, 0.05) is 28.3 Å². The van der Waals surface area contributed by atoms with Gasteiger partial charge in [-0.25, -0.2) is 0 Å². The molecule has 1 aliphatic carbocycles. The van der Waals surface area contributed by atoms with Crippen molar-refractivity contribution in [1.29, 1.82) is 0 Å². The number of hydrogen-bond acceptors (Lipinski definition) is 3. The number of rotatable bonds is 1. The van der Waals surface area contributed by atoms with E-state index in [4.69, 9.17) is 0 Å². The molecule has 1 aliphatic rings. The summed E-state index contributed by atoms with van der Waals surface area (Å²) in [6.07, 6.45) is 0. The lowest BCUT2D eigenvalue weighted by molar-refractivity contribution is 0.0979. The minimum Gasteiger partial charge on any atom is -0.387 e. The quantitative estimate of drug-likeness (QED) is 0.742. The first-order chi connectivity index (χ1) is 9.56. The molecule has 0 amide bonds. The van der Waals surface area contributed by atoms with Crippen molar-refractivity contribution in [2.45, 2.75) is 6.92 Å². The van der Waals surface area contributed by atoms with E-state index in [1.165, 1.54) is 0 Å². The molecule has 1 N–H and O–H groups in total. The molecule has 0 bridgehead atoms. The topological polar surface area (TPSA) is 46.2 Å². The number of ketones is 2. The van der Waals surface area contributed by atoms with Gasteiger partial charge in [0.05, 0.1) is 11.1 Å². The molecule has 20 heavy (non-hydrogen) atoms. The van der Waals surface area contributed by atoms with Crippen LogP contribution in [0.15, 0.2) is 34.8 Å². The zero-order valence-corrected chi connectivity index (χ0v) is 12.7. The summed E-state index contributed by atoms with van der Waals surface area (Å²) in [6, 6.07) is 8.82. The second kappa shape index (κ2) is 4.56. The number of aryl methyl sites for hydroxylation is 1. The highest BCUT2D eigenvalue weighted by Crippen LogP contribution is 2.38. The van der Waals surface area contributed by atoms with Crippen molar-refractivity contribution >= 4 is 33.2 Å². The van der Waals surface area contributed by atoms with Gasteiger partial charge >= 0.3 is 0 Å². The molecule has 0 heterocycles. The highest BCUT2D eigenvalue weighted by atomic mass is 79.9. The molecule has 0 aliphatic heterocycles. The second-order valence-corrected chi connectivity index (χ2v) is 5.61. The normalized spacial score (nSPS) is 12.9. The predicted octanol–water partition coefficient (Wildman–Crippen LogP) is 3.57. The van der Waals surface area contributed by atoms with E-state index in [0.29, 0.717) is 26.7 Å². The summed E-state index contributed by atoms with van der Waals surface area (Å²) < 4.78 is 0.664. The fourth-order valence-electron chi connectivity index (χ4n) is 2.70. The van der Waals surface area contributed by atoms with Gasteiger partial charge < -0.3 is 5.32 Å². The maximum absolute atomic E-state index is 12.7. The Morgan fingerprint density at radius 1 is 1.00 bits per heavy atom. The number of halogens is 1. The molecule has 100 valence electrons. The highest BCUT2D eigenvalue weighted by molar-refractivity contribution is 9.10. The predicted molar refractivity (Wildman–Crippen MR) is 81.7 cm³/mol. The van der Waals surface area contributed by atoms with E-state index in [1.807, 2.05) is 13.0 Å². The minimum absolute atomic E-state index is 0.107. The van der Waals surface area contributed by atoms with E-state index in [-0.39, 0.29) is 11.6 Å². The number of carbonyl (C=O) groups excluding carboxylic acids is 2. The average molecular weight is 330 g/mol. The maximum Gasteiger partial charge on any atom is 0.196 e. The van der Waals surface area contributed by atoms with Crippen LogP contribution in [0.3, 0.4) is 0 Å². The van der Waals surface area contributed by atoms with Gasteiger partial charge in [0.1, 0.15) is 0 Å². The molecule has 4 heteroatoms. The van der Waals surface area contributed by atoms with E-state index in [9.17, 15) is 9.59 Å². The molecule has 0 radical (unpaired) electrons. The van der Waals surface area contributed by atoms with Crippen molar-refractivity contribution in [1.82, 2.24) is 0 Å². The SMILES string of the molecule is CNc1c(C)cc(Br)c2c1C(=O)c1ccccc1C2=O. The van der Waals surface area contributed by atoms with Gasteiger partial charge in [0.15, 0.2) is 11.6 Å². The number of anilines is 1. The van der Waals surface area contributed by atoms with Crippen LogP contribution in [0.5, 0.6) is 0 Å². The van der Waals surface area contributed by atoms with E-state index < -0.39 is 0 Å². The summed E-state index contributed by atoms with van der Waals surface area (Å²) in [7, 11) is 1.76. The Hall–Kier alpha value is -1.94. The summed E-state index contributed by atoms with van der Waals surface area (Å²) >= 11 is 3.42. The molecule has 0 saturated heterocycles. The molecule has 0 aromatic heterocycles. The number of benzene rings is 2. The largest absolute Gasteiger partial charge is 0.387 e. The molecule has 0 atom stereocenters. The Morgan fingerprint density at radius 3 is 2.10 bits per heavy atom. The minimum atomic E-state index is -0.112. The lowest BCUT2D eigenvalue weighted by Crippen LogP contribution is -2.23. The van der Waals surface area contributed by atoms with Crippen LogP contribution in [0.4, 0.5) is 5.69 Å². The van der Waals surface area contributed by atoms with Crippen LogP contribution >= 0.6 is 15.9 Å². The lowest BCUT2D eigenvalue weighted by Gasteiger charge is -2.22. The molecular weight excluding hydrogens is 318 g/mol. The first-order valence-corrected chi connectivity index (χ1v) is 7.04. The maximum atomic E-state index is 12.7.